The smallest absolute Gasteiger partial charge is 0.311 e. The van der Waals surface area contributed by atoms with E-state index in [9.17, 15) is 9.59 Å². The number of carbonyl (C=O) groups excluding carboxylic acids is 1. The van der Waals surface area contributed by atoms with E-state index in [-0.39, 0.29) is 12.5 Å². The van der Waals surface area contributed by atoms with Crippen molar-refractivity contribution in [3.8, 4) is 0 Å². The molecule has 1 aliphatic carbocycles. The first kappa shape index (κ1) is 14.9. The molecule has 0 radical (unpaired) electrons. The first-order valence-electron chi connectivity index (χ1n) is 6.63. The van der Waals surface area contributed by atoms with Crippen molar-refractivity contribution in [2.24, 2.45) is 5.41 Å². The first-order chi connectivity index (χ1) is 9.43. The Hall–Kier alpha value is -1.49. The number of nitrogens with one attached hydrogen (secondary N) is 1. The largest absolute Gasteiger partial charge is 0.481 e. The summed E-state index contributed by atoms with van der Waals surface area (Å²) < 4.78 is 0. The molecule has 0 saturated heterocycles. The second-order valence-corrected chi connectivity index (χ2v) is 6.44. The Morgan fingerprint density at radius 2 is 2.05 bits per heavy atom. The van der Waals surface area contributed by atoms with Crippen LogP contribution >= 0.6 is 11.8 Å². The van der Waals surface area contributed by atoms with Crippen LogP contribution in [0, 0.1) is 19.3 Å². The fourth-order valence-electron chi connectivity index (χ4n) is 2.04. The Kier molecular flexibility index (Phi) is 4.38. The minimum Gasteiger partial charge on any atom is -0.481 e. The second kappa shape index (κ2) is 5.87. The van der Waals surface area contributed by atoms with E-state index in [4.69, 9.17) is 5.11 Å². The average Bonchev–Trinajstić information content (AvgIpc) is 3.16. The molecule has 2 rings (SSSR count). The molecule has 1 aromatic carbocycles. The lowest BCUT2D eigenvalue weighted by Crippen LogP contribution is -2.35. The van der Waals surface area contributed by atoms with Crippen LogP contribution in [0.3, 0.4) is 0 Å². The van der Waals surface area contributed by atoms with E-state index >= 15 is 0 Å². The van der Waals surface area contributed by atoms with Crippen molar-refractivity contribution in [3.63, 3.8) is 0 Å². The third-order valence-corrected chi connectivity index (χ3v) is 4.80. The molecule has 1 saturated carbocycles. The van der Waals surface area contributed by atoms with Crippen LogP contribution in [0.15, 0.2) is 23.1 Å². The average molecular weight is 293 g/mol. The molecule has 4 nitrogen and oxygen atoms in total. The number of hydrogen-bond donors (Lipinski definition) is 2. The number of thioether (sulfide) groups is 1. The lowest BCUT2D eigenvalue weighted by molar-refractivity contribution is -0.143. The summed E-state index contributed by atoms with van der Waals surface area (Å²) in [6, 6.07) is 6.13. The molecule has 0 atom stereocenters. The lowest BCUT2D eigenvalue weighted by atomic mass is 10.1. The standard InChI is InChI=1S/C15H19NO3S/c1-10-3-4-12(11(2)7-10)20-8-13(17)16-9-15(5-6-15)14(18)19/h3-4,7H,5-6,8-9H2,1-2H3,(H,16,17)(H,18,19). The van der Waals surface area contributed by atoms with Crippen molar-refractivity contribution in [2.75, 3.05) is 12.3 Å². The Balaban J connectivity index is 1.79. The van der Waals surface area contributed by atoms with Gasteiger partial charge >= 0.3 is 5.97 Å². The molecule has 0 aromatic heterocycles. The van der Waals surface area contributed by atoms with Gasteiger partial charge in [0.25, 0.3) is 0 Å². The van der Waals surface area contributed by atoms with Crippen LogP contribution in [0.4, 0.5) is 0 Å². The molecule has 1 aromatic rings. The SMILES string of the molecule is Cc1ccc(SCC(=O)NCC2(C(=O)O)CC2)c(C)c1. The number of benzene rings is 1. The lowest BCUT2D eigenvalue weighted by Gasteiger charge is -2.11. The van der Waals surface area contributed by atoms with Crippen molar-refractivity contribution in [2.45, 2.75) is 31.6 Å². The van der Waals surface area contributed by atoms with Gasteiger partial charge in [-0.3, -0.25) is 9.59 Å². The zero-order chi connectivity index (χ0) is 14.8. The number of aliphatic carboxylic acids is 1. The maximum absolute atomic E-state index is 11.8. The predicted molar refractivity (Wildman–Crippen MR) is 79.0 cm³/mol. The van der Waals surface area contributed by atoms with Crippen molar-refractivity contribution in [1.82, 2.24) is 5.32 Å². The molecule has 0 heterocycles. The molecule has 0 unspecified atom stereocenters. The maximum Gasteiger partial charge on any atom is 0.311 e. The van der Waals surface area contributed by atoms with Gasteiger partial charge in [0.1, 0.15) is 0 Å². The fourth-order valence-corrected chi connectivity index (χ4v) is 2.88. The Morgan fingerprint density at radius 3 is 2.60 bits per heavy atom. The van der Waals surface area contributed by atoms with E-state index in [1.54, 1.807) is 0 Å². The highest BCUT2D eigenvalue weighted by atomic mass is 32.2. The van der Waals surface area contributed by atoms with Crippen LogP contribution in [-0.4, -0.2) is 29.3 Å². The summed E-state index contributed by atoms with van der Waals surface area (Å²) in [5.41, 5.74) is 1.67. The normalized spacial score (nSPS) is 15.7. The number of amides is 1. The number of hydrogen-bond acceptors (Lipinski definition) is 3. The number of carboxylic acid groups (broad SMARTS) is 1. The minimum atomic E-state index is -0.806. The number of carbonyl (C=O) groups is 2. The van der Waals surface area contributed by atoms with Crippen LogP contribution in [0.2, 0.25) is 0 Å². The van der Waals surface area contributed by atoms with Crippen molar-refractivity contribution < 1.29 is 14.7 Å². The summed E-state index contributed by atoms with van der Waals surface area (Å²) in [5.74, 6) is -0.595. The van der Waals surface area contributed by atoms with Crippen LogP contribution < -0.4 is 5.32 Å². The van der Waals surface area contributed by atoms with Crippen LogP contribution in [0.1, 0.15) is 24.0 Å². The molecule has 1 aliphatic rings. The van der Waals surface area contributed by atoms with Gasteiger partial charge in [-0.05, 0) is 38.3 Å². The van der Waals surface area contributed by atoms with E-state index in [0.29, 0.717) is 18.6 Å². The number of rotatable bonds is 6. The molecule has 1 fully saturated rings. The van der Waals surface area contributed by atoms with Gasteiger partial charge < -0.3 is 10.4 Å². The van der Waals surface area contributed by atoms with Gasteiger partial charge in [-0.2, -0.15) is 0 Å². The molecule has 1 amide bonds. The third-order valence-electron chi connectivity index (χ3n) is 3.62. The van der Waals surface area contributed by atoms with E-state index in [1.807, 2.05) is 26.0 Å². The van der Waals surface area contributed by atoms with Crippen molar-refractivity contribution in [3.05, 3.63) is 29.3 Å². The van der Waals surface area contributed by atoms with Crippen LogP contribution in [0.25, 0.3) is 0 Å². The zero-order valence-electron chi connectivity index (χ0n) is 11.7. The summed E-state index contributed by atoms with van der Waals surface area (Å²) in [5, 5.41) is 11.8. The van der Waals surface area contributed by atoms with Crippen LogP contribution in [0.5, 0.6) is 0 Å². The van der Waals surface area contributed by atoms with E-state index in [2.05, 4.69) is 11.4 Å². The molecule has 108 valence electrons. The highest BCUT2D eigenvalue weighted by Gasteiger charge is 2.50. The molecular formula is C15H19NO3S. The molecular weight excluding hydrogens is 274 g/mol. The van der Waals surface area contributed by atoms with Crippen LogP contribution in [-0.2, 0) is 9.59 Å². The van der Waals surface area contributed by atoms with Gasteiger partial charge in [-0.25, -0.2) is 0 Å². The molecule has 2 N–H and O–H groups in total. The summed E-state index contributed by atoms with van der Waals surface area (Å²) in [6.45, 7) is 4.31. The number of carboxylic acids is 1. The molecule has 0 aliphatic heterocycles. The molecule has 0 spiro atoms. The van der Waals surface area contributed by atoms with Gasteiger partial charge in [0.05, 0.1) is 11.2 Å². The van der Waals surface area contributed by atoms with Gasteiger partial charge in [0.2, 0.25) is 5.91 Å². The highest BCUT2D eigenvalue weighted by molar-refractivity contribution is 8.00. The van der Waals surface area contributed by atoms with Crippen molar-refractivity contribution in [1.29, 1.82) is 0 Å². The Bertz CT molecular complexity index is 538. The maximum atomic E-state index is 11.8. The Morgan fingerprint density at radius 1 is 1.35 bits per heavy atom. The van der Waals surface area contributed by atoms with E-state index in [0.717, 1.165) is 10.5 Å². The van der Waals surface area contributed by atoms with Gasteiger partial charge in [0.15, 0.2) is 0 Å². The fraction of sp³-hybridized carbons (Fsp3) is 0.467. The topological polar surface area (TPSA) is 66.4 Å². The minimum absolute atomic E-state index is 0.109. The summed E-state index contributed by atoms with van der Waals surface area (Å²) in [6.07, 6.45) is 1.32. The molecule has 5 heteroatoms. The monoisotopic (exact) mass is 293 g/mol. The van der Waals surface area contributed by atoms with Crippen molar-refractivity contribution >= 4 is 23.6 Å². The van der Waals surface area contributed by atoms with Gasteiger partial charge in [0, 0.05) is 11.4 Å². The van der Waals surface area contributed by atoms with E-state index < -0.39 is 11.4 Å². The predicted octanol–water partition coefficient (Wildman–Crippen LogP) is 2.38. The summed E-state index contributed by atoms with van der Waals surface area (Å²) >= 11 is 1.48. The highest BCUT2D eigenvalue weighted by Crippen LogP contribution is 2.45. The van der Waals surface area contributed by atoms with E-state index in [1.165, 1.54) is 17.3 Å². The third kappa shape index (κ3) is 3.54. The van der Waals surface area contributed by atoms with Gasteiger partial charge in [-0.15, -0.1) is 11.8 Å². The first-order valence-corrected chi connectivity index (χ1v) is 7.62. The molecule has 20 heavy (non-hydrogen) atoms. The second-order valence-electron chi connectivity index (χ2n) is 5.42. The zero-order valence-corrected chi connectivity index (χ0v) is 12.5. The number of aryl methyl sites for hydroxylation is 2. The summed E-state index contributed by atoms with van der Waals surface area (Å²) in [7, 11) is 0. The summed E-state index contributed by atoms with van der Waals surface area (Å²) in [4.78, 5) is 23.9. The Labute approximate surface area is 123 Å². The van der Waals surface area contributed by atoms with Gasteiger partial charge in [-0.1, -0.05) is 17.7 Å². The quantitative estimate of drug-likeness (QED) is 0.790. The molecule has 0 bridgehead atoms.